The molecule has 98 valence electrons. The molecule has 0 aromatic rings. The summed E-state index contributed by atoms with van der Waals surface area (Å²) in [6, 6.07) is 0.613. The van der Waals surface area contributed by atoms with Gasteiger partial charge < -0.3 is 10.1 Å². The van der Waals surface area contributed by atoms with E-state index in [9.17, 15) is 4.79 Å². The number of esters is 1. The Morgan fingerprint density at radius 2 is 2.35 bits per heavy atom. The number of nitrogens with one attached hydrogen (secondary N) is 1. The van der Waals surface area contributed by atoms with Crippen LogP contribution in [0.5, 0.6) is 0 Å². The van der Waals surface area contributed by atoms with Gasteiger partial charge in [-0.2, -0.15) is 0 Å². The summed E-state index contributed by atoms with van der Waals surface area (Å²) in [6.45, 7) is 8.52. The normalized spacial score (nSPS) is 20.3. The van der Waals surface area contributed by atoms with Crippen molar-refractivity contribution in [2.24, 2.45) is 0 Å². The highest BCUT2D eigenvalue weighted by atomic mass is 16.5. The average molecular weight is 240 g/mol. The van der Waals surface area contributed by atoms with Gasteiger partial charge in [0.1, 0.15) is 0 Å². The molecule has 1 aliphatic rings. The van der Waals surface area contributed by atoms with E-state index in [2.05, 4.69) is 17.1 Å². The Morgan fingerprint density at radius 3 is 2.94 bits per heavy atom. The van der Waals surface area contributed by atoms with Crippen LogP contribution in [0.25, 0.3) is 0 Å². The zero-order chi connectivity index (χ0) is 12.5. The standard InChI is InChI=1S/C13H24N2O2/c1-3-9-15(12-7-8-14-11-12)10-5-6-13(16)17-4-2/h5-6,12,14H,3-4,7-11H2,1-2H3/b6-5+. The van der Waals surface area contributed by atoms with Gasteiger partial charge in [-0.05, 0) is 32.9 Å². The number of rotatable bonds is 7. The van der Waals surface area contributed by atoms with E-state index in [-0.39, 0.29) is 5.97 Å². The lowest BCUT2D eigenvalue weighted by Crippen LogP contribution is -2.37. The van der Waals surface area contributed by atoms with Crippen LogP contribution in [0.3, 0.4) is 0 Å². The van der Waals surface area contributed by atoms with Crippen molar-refractivity contribution in [3.8, 4) is 0 Å². The number of ether oxygens (including phenoxy) is 1. The molecule has 0 aromatic heterocycles. The molecule has 1 rings (SSSR count). The van der Waals surface area contributed by atoms with Crippen molar-refractivity contribution in [2.75, 3.05) is 32.8 Å². The predicted molar refractivity (Wildman–Crippen MR) is 68.9 cm³/mol. The van der Waals surface area contributed by atoms with Crippen LogP contribution in [0, 0.1) is 0 Å². The molecule has 0 radical (unpaired) electrons. The van der Waals surface area contributed by atoms with Crippen molar-refractivity contribution in [1.29, 1.82) is 0 Å². The van der Waals surface area contributed by atoms with Crippen molar-refractivity contribution >= 4 is 5.97 Å². The molecule has 1 saturated heterocycles. The van der Waals surface area contributed by atoms with Gasteiger partial charge in [0, 0.05) is 25.2 Å². The molecule has 1 fully saturated rings. The highest BCUT2D eigenvalue weighted by Crippen LogP contribution is 2.08. The van der Waals surface area contributed by atoms with E-state index >= 15 is 0 Å². The summed E-state index contributed by atoms with van der Waals surface area (Å²) in [6.07, 6.45) is 5.79. The van der Waals surface area contributed by atoms with Crippen molar-refractivity contribution in [2.45, 2.75) is 32.7 Å². The first kappa shape index (κ1) is 14.2. The lowest BCUT2D eigenvalue weighted by molar-refractivity contribution is -0.137. The van der Waals surface area contributed by atoms with E-state index in [1.807, 2.05) is 13.0 Å². The fourth-order valence-corrected chi connectivity index (χ4v) is 2.14. The first-order chi connectivity index (χ1) is 8.27. The van der Waals surface area contributed by atoms with Gasteiger partial charge in [-0.15, -0.1) is 0 Å². The van der Waals surface area contributed by atoms with Crippen molar-refractivity contribution in [3.05, 3.63) is 12.2 Å². The second-order valence-electron chi connectivity index (χ2n) is 4.30. The van der Waals surface area contributed by atoms with Gasteiger partial charge in [0.05, 0.1) is 6.61 Å². The molecule has 1 aliphatic heterocycles. The van der Waals surface area contributed by atoms with Gasteiger partial charge in [0.25, 0.3) is 0 Å². The third-order valence-corrected chi connectivity index (χ3v) is 2.94. The highest BCUT2D eigenvalue weighted by Gasteiger charge is 2.20. The van der Waals surface area contributed by atoms with E-state index in [0.29, 0.717) is 12.6 Å². The maximum absolute atomic E-state index is 11.2. The average Bonchev–Trinajstić information content (AvgIpc) is 2.81. The van der Waals surface area contributed by atoms with E-state index < -0.39 is 0 Å². The molecule has 0 bridgehead atoms. The minimum atomic E-state index is -0.242. The zero-order valence-corrected chi connectivity index (χ0v) is 10.9. The Labute approximate surface area is 104 Å². The van der Waals surface area contributed by atoms with E-state index in [1.54, 1.807) is 0 Å². The molecular weight excluding hydrogens is 216 g/mol. The summed E-state index contributed by atoms with van der Waals surface area (Å²) >= 11 is 0. The topological polar surface area (TPSA) is 41.6 Å². The van der Waals surface area contributed by atoms with Crippen LogP contribution in [0.4, 0.5) is 0 Å². The molecule has 1 unspecified atom stereocenters. The Balaban J connectivity index is 2.35. The molecule has 4 nitrogen and oxygen atoms in total. The lowest BCUT2D eigenvalue weighted by atomic mass is 10.2. The van der Waals surface area contributed by atoms with Crippen LogP contribution in [0.15, 0.2) is 12.2 Å². The maximum Gasteiger partial charge on any atom is 0.330 e. The molecule has 17 heavy (non-hydrogen) atoms. The molecule has 1 N–H and O–H groups in total. The third-order valence-electron chi connectivity index (χ3n) is 2.94. The molecule has 0 amide bonds. The smallest absolute Gasteiger partial charge is 0.330 e. The van der Waals surface area contributed by atoms with Gasteiger partial charge in [0.15, 0.2) is 0 Å². The summed E-state index contributed by atoms with van der Waals surface area (Å²) in [5.74, 6) is -0.242. The number of nitrogens with zero attached hydrogens (tertiary/aromatic N) is 1. The first-order valence-corrected chi connectivity index (χ1v) is 6.56. The third kappa shape index (κ3) is 5.33. The van der Waals surface area contributed by atoms with Gasteiger partial charge in [-0.25, -0.2) is 4.79 Å². The molecule has 0 spiro atoms. The van der Waals surface area contributed by atoms with Gasteiger partial charge in [-0.1, -0.05) is 13.0 Å². The zero-order valence-electron chi connectivity index (χ0n) is 10.9. The second kappa shape index (κ2) is 8.25. The van der Waals surface area contributed by atoms with Crippen molar-refractivity contribution in [3.63, 3.8) is 0 Å². The number of hydrogen-bond acceptors (Lipinski definition) is 4. The summed E-state index contributed by atoms with van der Waals surface area (Å²) in [5, 5.41) is 3.37. The number of carbonyl (C=O) groups excluding carboxylic acids is 1. The van der Waals surface area contributed by atoms with Crippen molar-refractivity contribution in [1.82, 2.24) is 10.2 Å². The summed E-state index contributed by atoms with van der Waals surface area (Å²) < 4.78 is 4.85. The van der Waals surface area contributed by atoms with Crippen LogP contribution in [-0.4, -0.2) is 49.7 Å². The fraction of sp³-hybridized carbons (Fsp3) is 0.769. The Morgan fingerprint density at radius 1 is 1.53 bits per heavy atom. The minimum Gasteiger partial charge on any atom is -0.463 e. The second-order valence-corrected chi connectivity index (χ2v) is 4.30. The van der Waals surface area contributed by atoms with Crippen LogP contribution in [0.1, 0.15) is 26.7 Å². The molecular formula is C13H24N2O2. The van der Waals surface area contributed by atoms with E-state index in [0.717, 1.165) is 32.6 Å². The molecule has 0 saturated carbocycles. The fourth-order valence-electron chi connectivity index (χ4n) is 2.14. The number of hydrogen-bond donors (Lipinski definition) is 1. The maximum atomic E-state index is 11.2. The molecule has 1 heterocycles. The minimum absolute atomic E-state index is 0.242. The summed E-state index contributed by atoms with van der Waals surface area (Å²) in [7, 11) is 0. The van der Waals surface area contributed by atoms with E-state index in [4.69, 9.17) is 4.74 Å². The summed E-state index contributed by atoms with van der Waals surface area (Å²) in [4.78, 5) is 13.6. The highest BCUT2D eigenvalue weighted by molar-refractivity contribution is 5.81. The molecule has 1 atom stereocenters. The lowest BCUT2D eigenvalue weighted by Gasteiger charge is -2.26. The summed E-state index contributed by atoms with van der Waals surface area (Å²) in [5.41, 5.74) is 0. The van der Waals surface area contributed by atoms with Crippen molar-refractivity contribution < 1.29 is 9.53 Å². The Hall–Kier alpha value is -0.870. The molecule has 0 aliphatic carbocycles. The largest absolute Gasteiger partial charge is 0.463 e. The Bertz CT molecular complexity index is 248. The van der Waals surface area contributed by atoms with Gasteiger partial charge >= 0.3 is 5.97 Å². The SMILES string of the molecule is CCCN(C/C=C/C(=O)OCC)C1CCNC1. The molecule has 4 heteroatoms. The van der Waals surface area contributed by atoms with Gasteiger partial charge in [-0.3, -0.25) is 4.90 Å². The van der Waals surface area contributed by atoms with Crippen LogP contribution in [0.2, 0.25) is 0 Å². The number of carbonyl (C=O) groups is 1. The van der Waals surface area contributed by atoms with Gasteiger partial charge in [0.2, 0.25) is 0 Å². The quantitative estimate of drug-likeness (QED) is 0.536. The molecule has 0 aromatic carbocycles. The Kier molecular flexibility index (Phi) is 6.89. The van der Waals surface area contributed by atoms with E-state index in [1.165, 1.54) is 12.5 Å². The monoisotopic (exact) mass is 240 g/mol. The van der Waals surface area contributed by atoms with Crippen LogP contribution >= 0.6 is 0 Å². The first-order valence-electron chi connectivity index (χ1n) is 6.56. The predicted octanol–water partition coefficient (Wildman–Crippen LogP) is 1.18. The van der Waals surface area contributed by atoms with Crippen LogP contribution < -0.4 is 5.32 Å². The van der Waals surface area contributed by atoms with Crippen LogP contribution in [-0.2, 0) is 9.53 Å².